The molecule has 1 unspecified atom stereocenters. The van der Waals surface area contributed by atoms with Gasteiger partial charge < -0.3 is 4.57 Å². The molecular formula is C13H19FN4O2. The predicted octanol–water partition coefficient (Wildman–Crippen LogP) is 0.962. The van der Waals surface area contributed by atoms with Gasteiger partial charge in [0.15, 0.2) is 11.2 Å². The zero-order valence-corrected chi connectivity index (χ0v) is 11.2. The van der Waals surface area contributed by atoms with E-state index in [-0.39, 0.29) is 25.0 Å². The first-order chi connectivity index (χ1) is 11.8. The summed E-state index contributed by atoms with van der Waals surface area (Å²) >= 11 is 0. The number of alkyl halides is 1. The Morgan fingerprint density at radius 3 is 2.95 bits per heavy atom. The Bertz CT molecular complexity index is 943. The third-order valence-corrected chi connectivity index (χ3v) is 2.96. The summed E-state index contributed by atoms with van der Waals surface area (Å²) in [7, 11) is 1.29. The number of nitrogens with zero attached hydrogens (tertiary/aromatic N) is 4. The van der Waals surface area contributed by atoms with Crippen molar-refractivity contribution < 1.29 is 12.6 Å². The van der Waals surface area contributed by atoms with E-state index in [0.717, 1.165) is 16.1 Å². The molecule has 0 N–H and O–H groups in total. The number of hydrogen-bond acceptors (Lipinski definition) is 3. The number of rotatable bonds is 5. The van der Waals surface area contributed by atoms with Crippen LogP contribution in [0.4, 0.5) is 4.39 Å². The highest BCUT2D eigenvalue weighted by atomic mass is 19.1. The topological polar surface area (TPSA) is 61.8 Å². The van der Waals surface area contributed by atoms with E-state index in [2.05, 4.69) is 4.98 Å². The molecule has 0 radical (unpaired) electrons. The fourth-order valence-corrected chi connectivity index (χ4v) is 1.95. The number of aromatic nitrogens is 4. The first-order valence-electron chi connectivity index (χ1n) is 9.12. The fraction of sp³-hybridized carbons (Fsp3) is 0.615. The van der Waals surface area contributed by atoms with Gasteiger partial charge in [-0.3, -0.25) is 13.9 Å². The summed E-state index contributed by atoms with van der Waals surface area (Å²) in [6.07, 6.45) is -4.72. The van der Waals surface area contributed by atoms with Crippen molar-refractivity contribution in [3.05, 3.63) is 27.1 Å². The molecule has 0 aromatic carbocycles. The van der Waals surface area contributed by atoms with Crippen molar-refractivity contribution in [1.29, 1.82) is 0 Å². The second kappa shape index (κ2) is 5.60. The summed E-state index contributed by atoms with van der Waals surface area (Å²) in [5.74, 6) is 0. The van der Waals surface area contributed by atoms with Gasteiger partial charge in [0, 0.05) is 27.4 Å². The van der Waals surface area contributed by atoms with Crippen LogP contribution in [0.2, 0.25) is 0 Å². The lowest BCUT2D eigenvalue weighted by Crippen LogP contribution is -2.39. The first kappa shape index (κ1) is 8.39. The van der Waals surface area contributed by atoms with Crippen LogP contribution in [0.15, 0.2) is 15.9 Å². The molecule has 0 fully saturated rings. The summed E-state index contributed by atoms with van der Waals surface area (Å²) in [6, 6.07) is 0. The molecule has 0 spiro atoms. The maximum atomic E-state index is 13.2. The van der Waals surface area contributed by atoms with Gasteiger partial charge in [0.2, 0.25) is 0 Å². The monoisotopic (exact) mass is 288 g/mol. The predicted molar refractivity (Wildman–Crippen MR) is 74.6 cm³/mol. The summed E-state index contributed by atoms with van der Waals surface area (Å²) in [6.45, 7) is -1.96. The van der Waals surface area contributed by atoms with Crippen molar-refractivity contribution in [2.45, 2.75) is 38.9 Å². The van der Waals surface area contributed by atoms with E-state index in [9.17, 15) is 14.0 Å². The lowest BCUT2D eigenvalue weighted by Gasteiger charge is -2.08. The number of fused-ring (bicyclic) bond motifs is 1. The molecule has 2 rings (SSSR count). The van der Waals surface area contributed by atoms with Gasteiger partial charge in [-0.2, -0.15) is 0 Å². The molecule has 2 heterocycles. The third-order valence-electron chi connectivity index (χ3n) is 2.96. The molecular weight excluding hydrogens is 263 g/mol. The van der Waals surface area contributed by atoms with Crippen molar-refractivity contribution in [2.75, 3.05) is 0 Å². The van der Waals surface area contributed by atoms with Crippen LogP contribution in [-0.2, 0) is 20.6 Å². The highest BCUT2D eigenvalue weighted by molar-refractivity contribution is 5.69. The lowest BCUT2D eigenvalue weighted by molar-refractivity contribution is 0.328. The molecule has 2 aromatic rings. The molecule has 6 nitrogen and oxygen atoms in total. The third kappa shape index (κ3) is 2.52. The van der Waals surface area contributed by atoms with Crippen molar-refractivity contribution in [3.8, 4) is 0 Å². The van der Waals surface area contributed by atoms with E-state index in [1.807, 2.05) is 0 Å². The van der Waals surface area contributed by atoms with E-state index in [4.69, 9.17) is 8.22 Å². The Morgan fingerprint density at radius 2 is 2.30 bits per heavy atom. The van der Waals surface area contributed by atoms with Crippen molar-refractivity contribution in [1.82, 2.24) is 18.7 Å². The Morgan fingerprint density at radius 1 is 1.55 bits per heavy atom. The second-order valence-corrected chi connectivity index (χ2v) is 4.44. The van der Waals surface area contributed by atoms with Crippen molar-refractivity contribution >= 4 is 11.2 Å². The first-order valence-corrected chi connectivity index (χ1v) is 6.12. The van der Waals surface area contributed by atoms with Crippen LogP contribution in [-0.4, -0.2) is 24.9 Å². The number of imidazole rings is 1. The Balaban J connectivity index is 2.55. The molecule has 20 heavy (non-hydrogen) atoms. The van der Waals surface area contributed by atoms with E-state index in [1.54, 1.807) is 0 Å². The van der Waals surface area contributed by atoms with E-state index in [1.165, 1.54) is 7.05 Å². The highest BCUT2D eigenvalue weighted by Crippen LogP contribution is 2.06. The van der Waals surface area contributed by atoms with Crippen LogP contribution in [0.25, 0.3) is 11.2 Å². The molecule has 2 aromatic heterocycles. The van der Waals surface area contributed by atoms with Gasteiger partial charge in [-0.15, -0.1) is 0 Å². The van der Waals surface area contributed by atoms with Crippen LogP contribution in [0.5, 0.6) is 0 Å². The van der Waals surface area contributed by atoms with E-state index >= 15 is 0 Å². The minimum atomic E-state index is -2.83. The zero-order valence-electron chi connectivity index (χ0n) is 17.2. The average Bonchev–Trinajstić information content (AvgIpc) is 2.86. The van der Waals surface area contributed by atoms with Gasteiger partial charge in [-0.05, 0) is 26.1 Å². The second-order valence-electron chi connectivity index (χ2n) is 4.44. The Labute approximate surface area is 123 Å². The standard InChI is InChI=1S/C13H19FN4O2/c1-9(14)6-4-5-7-18-12(19)10-11(15-8-16(10)2)17(3)13(18)20/h8-9H,4-7H2,1-3H3/i2D3,6D2,8D. The minimum Gasteiger partial charge on any atom is -0.328 e. The average molecular weight is 288 g/mol. The van der Waals surface area contributed by atoms with Gasteiger partial charge in [0.25, 0.3) is 5.56 Å². The molecule has 0 aliphatic rings. The SMILES string of the molecule is [2H]c1nc2c(c(=O)n(CCCC([2H])([2H])C(C)F)c(=O)n2C)n1C([2H])([2H])[2H]. The van der Waals surface area contributed by atoms with Crippen LogP contribution in [0, 0.1) is 0 Å². The normalized spacial score (nSPS) is 18.8. The van der Waals surface area contributed by atoms with Gasteiger partial charge in [0.05, 0.1) is 12.5 Å². The van der Waals surface area contributed by atoms with Gasteiger partial charge >= 0.3 is 5.69 Å². The lowest BCUT2D eigenvalue weighted by atomic mass is 10.2. The molecule has 7 heteroatoms. The van der Waals surface area contributed by atoms with Gasteiger partial charge in [-0.1, -0.05) is 0 Å². The molecule has 110 valence electrons. The van der Waals surface area contributed by atoms with Gasteiger partial charge in [-0.25, -0.2) is 14.2 Å². The summed E-state index contributed by atoms with van der Waals surface area (Å²) in [5, 5.41) is 0. The maximum absolute atomic E-state index is 13.2. The number of aryl methyl sites for hydroxylation is 2. The van der Waals surface area contributed by atoms with Crippen molar-refractivity contribution in [3.63, 3.8) is 0 Å². The number of halogens is 1. The molecule has 0 amide bonds. The molecule has 0 aliphatic heterocycles. The summed E-state index contributed by atoms with van der Waals surface area (Å²) < 4.78 is 60.7. The quantitative estimate of drug-likeness (QED) is 0.823. The number of hydrogen-bond donors (Lipinski definition) is 0. The molecule has 0 aliphatic carbocycles. The Kier molecular flexibility index (Phi) is 2.35. The van der Waals surface area contributed by atoms with Crippen LogP contribution in [0.1, 0.15) is 34.4 Å². The van der Waals surface area contributed by atoms with E-state index in [0.29, 0.717) is 4.57 Å². The van der Waals surface area contributed by atoms with Gasteiger partial charge in [0.1, 0.15) is 1.37 Å². The van der Waals surface area contributed by atoms with E-state index < -0.39 is 42.6 Å². The zero-order chi connectivity index (χ0) is 20.0. The summed E-state index contributed by atoms with van der Waals surface area (Å²) in [5.41, 5.74) is -2.32. The maximum Gasteiger partial charge on any atom is 0.332 e. The minimum absolute atomic E-state index is 0.00243. The Hall–Kier alpha value is -1.92. The van der Waals surface area contributed by atoms with Crippen LogP contribution in [0.3, 0.4) is 0 Å². The highest BCUT2D eigenvalue weighted by Gasteiger charge is 2.14. The molecule has 0 saturated carbocycles. The molecule has 0 bridgehead atoms. The summed E-state index contributed by atoms with van der Waals surface area (Å²) in [4.78, 5) is 28.7. The van der Waals surface area contributed by atoms with Crippen LogP contribution < -0.4 is 11.2 Å². The fourth-order valence-electron chi connectivity index (χ4n) is 1.95. The smallest absolute Gasteiger partial charge is 0.328 e. The molecule has 0 saturated heterocycles. The van der Waals surface area contributed by atoms with Crippen molar-refractivity contribution in [2.24, 2.45) is 14.0 Å². The molecule has 1 atom stereocenters. The largest absolute Gasteiger partial charge is 0.332 e. The van der Waals surface area contributed by atoms with Crippen LogP contribution >= 0.6 is 0 Å².